The van der Waals surface area contributed by atoms with E-state index in [1.54, 1.807) is 12.1 Å². The second-order valence-electron chi connectivity index (χ2n) is 5.60. The quantitative estimate of drug-likeness (QED) is 0.741. The van der Waals surface area contributed by atoms with Gasteiger partial charge in [0.1, 0.15) is 5.75 Å². The Morgan fingerprint density at radius 1 is 1.43 bits per heavy atom. The number of fused-ring (bicyclic) bond motifs is 1. The van der Waals surface area contributed by atoms with E-state index >= 15 is 0 Å². The number of nitrogens with one attached hydrogen (secondary N) is 2. The Morgan fingerprint density at radius 2 is 2.19 bits per heavy atom. The van der Waals surface area contributed by atoms with Gasteiger partial charge in [0.15, 0.2) is 6.10 Å². The second kappa shape index (κ2) is 5.73. The molecular weight excluding hydrogens is 270 g/mol. The average Bonchev–Trinajstić information content (AvgIpc) is 3.30. The number of para-hydroxylation sites is 2. The Labute approximate surface area is 123 Å². The van der Waals surface area contributed by atoms with Crippen LogP contribution in [0.3, 0.4) is 0 Å². The number of hydrogen-bond donors (Lipinski definition) is 3. The van der Waals surface area contributed by atoms with Gasteiger partial charge in [0.25, 0.3) is 5.91 Å². The molecular formula is C15H19N3O3. The molecule has 21 heavy (non-hydrogen) atoms. The topological polar surface area (TPSA) is 93.4 Å². The molecule has 2 unspecified atom stereocenters. The van der Waals surface area contributed by atoms with Gasteiger partial charge in [0.2, 0.25) is 5.91 Å². The summed E-state index contributed by atoms with van der Waals surface area (Å²) in [5.41, 5.74) is 6.56. The van der Waals surface area contributed by atoms with E-state index in [0.29, 0.717) is 23.9 Å². The van der Waals surface area contributed by atoms with Crippen molar-refractivity contribution in [2.24, 2.45) is 11.7 Å². The smallest absolute Gasteiger partial charge is 0.266 e. The molecule has 6 nitrogen and oxygen atoms in total. The van der Waals surface area contributed by atoms with Crippen molar-refractivity contribution < 1.29 is 14.3 Å². The SMILES string of the molecule is NC(CNC(=O)CC1Oc2ccccc2NC1=O)C1CC1. The molecule has 2 amide bonds. The number of hydrogen-bond acceptors (Lipinski definition) is 4. The van der Waals surface area contributed by atoms with Crippen molar-refractivity contribution >= 4 is 17.5 Å². The molecule has 1 fully saturated rings. The normalized spacial score (nSPS) is 21.8. The minimum absolute atomic E-state index is 0.00243. The lowest BCUT2D eigenvalue weighted by molar-refractivity contribution is -0.130. The van der Waals surface area contributed by atoms with Gasteiger partial charge in [0, 0.05) is 12.6 Å². The third-order valence-corrected chi connectivity index (χ3v) is 3.84. The summed E-state index contributed by atoms with van der Waals surface area (Å²) in [6.07, 6.45) is 1.48. The predicted octanol–water partition coefficient (Wildman–Crippen LogP) is 0.630. The molecule has 3 rings (SSSR count). The Hall–Kier alpha value is -2.08. The summed E-state index contributed by atoms with van der Waals surface area (Å²) < 4.78 is 5.58. The van der Waals surface area contributed by atoms with Crippen LogP contribution < -0.4 is 21.1 Å². The summed E-state index contributed by atoms with van der Waals surface area (Å²) in [6, 6.07) is 7.17. The largest absolute Gasteiger partial charge is 0.478 e. The first-order valence-electron chi connectivity index (χ1n) is 7.22. The van der Waals surface area contributed by atoms with Gasteiger partial charge in [-0.1, -0.05) is 12.1 Å². The number of carbonyl (C=O) groups excluding carboxylic acids is 2. The lowest BCUT2D eigenvalue weighted by Crippen LogP contribution is -2.43. The third kappa shape index (κ3) is 3.33. The zero-order valence-corrected chi connectivity index (χ0v) is 11.7. The summed E-state index contributed by atoms with van der Waals surface area (Å²) in [5.74, 6) is 0.608. The Kier molecular flexibility index (Phi) is 3.79. The lowest BCUT2D eigenvalue weighted by Gasteiger charge is -2.25. The number of anilines is 1. The maximum Gasteiger partial charge on any atom is 0.266 e. The number of ether oxygens (including phenoxy) is 1. The fourth-order valence-corrected chi connectivity index (χ4v) is 2.39. The Bertz CT molecular complexity index is 557. The fourth-order valence-electron chi connectivity index (χ4n) is 2.39. The van der Waals surface area contributed by atoms with Gasteiger partial charge >= 0.3 is 0 Å². The van der Waals surface area contributed by atoms with Crippen LogP contribution in [0.2, 0.25) is 0 Å². The Balaban J connectivity index is 1.52. The third-order valence-electron chi connectivity index (χ3n) is 3.84. The molecule has 1 aliphatic heterocycles. The molecule has 1 aliphatic carbocycles. The zero-order valence-electron chi connectivity index (χ0n) is 11.7. The van der Waals surface area contributed by atoms with Crippen molar-refractivity contribution in [2.45, 2.75) is 31.4 Å². The molecule has 1 saturated carbocycles. The second-order valence-corrected chi connectivity index (χ2v) is 5.60. The van der Waals surface area contributed by atoms with Crippen LogP contribution >= 0.6 is 0 Å². The number of rotatable bonds is 5. The zero-order chi connectivity index (χ0) is 14.8. The molecule has 1 aromatic rings. The first-order chi connectivity index (χ1) is 10.1. The number of amides is 2. The van der Waals surface area contributed by atoms with Gasteiger partial charge in [-0.05, 0) is 30.9 Å². The fraction of sp³-hybridized carbons (Fsp3) is 0.467. The summed E-state index contributed by atoms with van der Waals surface area (Å²) in [6.45, 7) is 0.453. The molecule has 2 aliphatic rings. The first-order valence-corrected chi connectivity index (χ1v) is 7.22. The van der Waals surface area contributed by atoms with Crippen molar-refractivity contribution in [3.63, 3.8) is 0 Å². The maximum atomic E-state index is 11.9. The molecule has 0 spiro atoms. The highest BCUT2D eigenvalue weighted by molar-refractivity contribution is 5.99. The van der Waals surface area contributed by atoms with Crippen molar-refractivity contribution in [3.05, 3.63) is 24.3 Å². The molecule has 2 atom stereocenters. The lowest BCUT2D eigenvalue weighted by atomic mass is 10.1. The van der Waals surface area contributed by atoms with Crippen molar-refractivity contribution in [2.75, 3.05) is 11.9 Å². The molecule has 112 valence electrons. The standard InChI is InChI=1S/C15H19N3O3/c16-10(9-5-6-9)8-17-14(19)7-13-15(20)18-11-3-1-2-4-12(11)21-13/h1-4,9-10,13H,5-8,16H2,(H,17,19)(H,18,20). The molecule has 1 heterocycles. The number of nitrogens with two attached hydrogens (primary N) is 1. The highest BCUT2D eigenvalue weighted by atomic mass is 16.5. The van der Waals surface area contributed by atoms with Gasteiger partial charge in [-0.2, -0.15) is 0 Å². The van der Waals surface area contributed by atoms with Crippen LogP contribution in [-0.4, -0.2) is 30.5 Å². The van der Waals surface area contributed by atoms with Crippen LogP contribution in [0.4, 0.5) is 5.69 Å². The van der Waals surface area contributed by atoms with Crippen LogP contribution in [0, 0.1) is 5.92 Å². The number of carbonyl (C=O) groups is 2. The molecule has 0 aromatic heterocycles. The van der Waals surface area contributed by atoms with Gasteiger partial charge in [-0.15, -0.1) is 0 Å². The van der Waals surface area contributed by atoms with E-state index in [2.05, 4.69) is 10.6 Å². The average molecular weight is 289 g/mol. The molecule has 6 heteroatoms. The monoisotopic (exact) mass is 289 g/mol. The van der Waals surface area contributed by atoms with E-state index in [1.165, 1.54) is 0 Å². The molecule has 0 radical (unpaired) electrons. The van der Waals surface area contributed by atoms with Crippen molar-refractivity contribution in [1.82, 2.24) is 5.32 Å². The van der Waals surface area contributed by atoms with Crippen LogP contribution in [0.25, 0.3) is 0 Å². The van der Waals surface area contributed by atoms with E-state index in [-0.39, 0.29) is 24.3 Å². The molecule has 0 bridgehead atoms. The van der Waals surface area contributed by atoms with Gasteiger partial charge in [-0.3, -0.25) is 9.59 Å². The highest BCUT2D eigenvalue weighted by Gasteiger charge is 2.31. The first kappa shape index (κ1) is 13.9. The summed E-state index contributed by atoms with van der Waals surface area (Å²) >= 11 is 0. The Morgan fingerprint density at radius 3 is 2.95 bits per heavy atom. The van der Waals surface area contributed by atoms with Crippen LogP contribution in [0.1, 0.15) is 19.3 Å². The van der Waals surface area contributed by atoms with Crippen molar-refractivity contribution in [1.29, 1.82) is 0 Å². The van der Waals surface area contributed by atoms with Crippen LogP contribution in [0.5, 0.6) is 5.75 Å². The van der Waals surface area contributed by atoms with E-state index in [1.807, 2.05) is 12.1 Å². The van der Waals surface area contributed by atoms with Gasteiger partial charge < -0.3 is 21.1 Å². The van der Waals surface area contributed by atoms with E-state index in [4.69, 9.17) is 10.5 Å². The molecule has 1 aromatic carbocycles. The molecule has 0 saturated heterocycles. The van der Waals surface area contributed by atoms with Gasteiger partial charge in [0.05, 0.1) is 12.1 Å². The van der Waals surface area contributed by atoms with Gasteiger partial charge in [-0.25, -0.2) is 0 Å². The van der Waals surface area contributed by atoms with E-state index in [0.717, 1.165) is 12.8 Å². The van der Waals surface area contributed by atoms with Crippen molar-refractivity contribution in [3.8, 4) is 5.75 Å². The maximum absolute atomic E-state index is 11.9. The summed E-state index contributed by atoms with van der Waals surface area (Å²) in [5, 5.41) is 5.51. The van der Waals surface area contributed by atoms with E-state index < -0.39 is 6.10 Å². The minimum atomic E-state index is -0.794. The predicted molar refractivity (Wildman–Crippen MR) is 77.8 cm³/mol. The number of benzene rings is 1. The van der Waals surface area contributed by atoms with E-state index in [9.17, 15) is 9.59 Å². The molecule has 4 N–H and O–H groups in total. The summed E-state index contributed by atoms with van der Waals surface area (Å²) in [7, 11) is 0. The minimum Gasteiger partial charge on any atom is -0.478 e. The van der Waals surface area contributed by atoms with Crippen LogP contribution in [0.15, 0.2) is 24.3 Å². The highest BCUT2D eigenvalue weighted by Crippen LogP contribution is 2.31. The summed E-state index contributed by atoms with van der Waals surface area (Å²) in [4.78, 5) is 23.8. The van der Waals surface area contributed by atoms with Crippen LogP contribution in [-0.2, 0) is 9.59 Å².